The number of para-hydroxylation sites is 2. The van der Waals surface area contributed by atoms with Gasteiger partial charge in [0.05, 0.1) is 17.0 Å². The van der Waals surface area contributed by atoms with Crippen LogP contribution < -0.4 is 0 Å². The monoisotopic (exact) mass is 327 g/mol. The lowest BCUT2D eigenvalue weighted by Gasteiger charge is -2.38. The Morgan fingerprint density at radius 1 is 0.960 bits per heavy atom. The summed E-state index contributed by atoms with van der Waals surface area (Å²) in [6.07, 6.45) is 0. The highest BCUT2D eigenvalue weighted by Gasteiger charge is 2.34. The maximum Gasteiger partial charge on any atom is 0.253 e. The van der Waals surface area contributed by atoms with Crippen LogP contribution in [0.4, 0.5) is 0 Å². The van der Waals surface area contributed by atoms with Crippen molar-refractivity contribution in [1.82, 2.24) is 14.9 Å². The Hall–Kier alpha value is -3.14. The number of likely N-dealkylation sites (tertiary alicyclic amines) is 1. The fraction of sp³-hybridized carbons (Fsp3) is 0.143. The third kappa shape index (κ3) is 2.38. The minimum absolute atomic E-state index is 0.0955. The zero-order valence-electron chi connectivity index (χ0n) is 13.6. The average molecular weight is 327 g/mol. The molecule has 1 aliphatic rings. The van der Waals surface area contributed by atoms with Crippen molar-refractivity contribution in [2.24, 2.45) is 0 Å². The predicted molar refractivity (Wildman–Crippen MR) is 98.7 cm³/mol. The van der Waals surface area contributed by atoms with Gasteiger partial charge in [0, 0.05) is 18.7 Å². The van der Waals surface area contributed by atoms with E-state index in [-0.39, 0.29) is 11.8 Å². The number of hydrogen-bond donors (Lipinski definition) is 1. The molecule has 1 amide bonds. The van der Waals surface area contributed by atoms with Gasteiger partial charge in [-0.3, -0.25) is 4.79 Å². The largest absolute Gasteiger partial charge is 0.342 e. The van der Waals surface area contributed by atoms with Gasteiger partial charge in [0.15, 0.2) is 0 Å². The number of aromatic amines is 1. The van der Waals surface area contributed by atoms with Crippen LogP contribution in [0.5, 0.6) is 0 Å². The molecule has 122 valence electrons. The van der Waals surface area contributed by atoms with E-state index in [9.17, 15) is 4.79 Å². The lowest BCUT2D eigenvalue weighted by molar-refractivity contribution is 0.0596. The molecule has 0 spiro atoms. The number of nitrogens with zero attached hydrogens (tertiary/aromatic N) is 2. The first-order chi connectivity index (χ1) is 12.3. The molecule has 1 aliphatic heterocycles. The van der Waals surface area contributed by atoms with Crippen molar-refractivity contribution in [3.8, 4) is 0 Å². The van der Waals surface area contributed by atoms with Crippen LogP contribution >= 0.6 is 0 Å². The van der Waals surface area contributed by atoms with E-state index in [0.717, 1.165) is 33.2 Å². The number of amides is 1. The van der Waals surface area contributed by atoms with Crippen LogP contribution in [0.15, 0.2) is 66.7 Å². The molecule has 3 aromatic carbocycles. The van der Waals surface area contributed by atoms with Crippen LogP contribution in [-0.2, 0) is 0 Å². The third-order valence-electron chi connectivity index (χ3n) is 4.96. The summed E-state index contributed by atoms with van der Waals surface area (Å²) in [5, 5.41) is 2.26. The average Bonchev–Trinajstić information content (AvgIpc) is 3.03. The van der Waals surface area contributed by atoms with Crippen LogP contribution in [0.3, 0.4) is 0 Å². The summed E-state index contributed by atoms with van der Waals surface area (Å²) in [6, 6.07) is 22.0. The zero-order valence-corrected chi connectivity index (χ0v) is 13.6. The van der Waals surface area contributed by atoms with E-state index in [1.165, 1.54) is 0 Å². The molecule has 0 bridgehead atoms. The molecular formula is C21H17N3O. The highest BCUT2D eigenvalue weighted by Crippen LogP contribution is 2.28. The molecule has 0 atom stereocenters. The number of imidazole rings is 1. The van der Waals surface area contributed by atoms with Crippen LogP contribution in [0.25, 0.3) is 21.8 Å². The quantitative estimate of drug-likeness (QED) is 0.606. The van der Waals surface area contributed by atoms with Crippen LogP contribution in [0, 0.1) is 0 Å². The smallest absolute Gasteiger partial charge is 0.253 e. The van der Waals surface area contributed by atoms with Crippen molar-refractivity contribution < 1.29 is 4.79 Å². The first-order valence-electron chi connectivity index (χ1n) is 8.51. The molecule has 25 heavy (non-hydrogen) atoms. The molecule has 1 N–H and O–H groups in total. The van der Waals surface area contributed by atoms with Gasteiger partial charge < -0.3 is 9.88 Å². The Morgan fingerprint density at radius 2 is 1.72 bits per heavy atom. The second-order valence-corrected chi connectivity index (χ2v) is 6.61. The van der Waals surface area contributed by atoms with Crippen LogP contribution in [-0.4, -0.2) is 33.9 Å². The third-order valence-corrected chi connectivity index (χ3v) is 4.96. The van der Waals surface area contributed by atoms with Gasteiger partial charge in [0.25, 0.3) is 5.91 Å². The van der Waals surface area contributed by atoms with Crippen LogP contribution in [0.2, 0.25) is 0 Å². The van der Waals surface area contributed by atoms with Crippen molar-refractivity contribution in [2.45, 2.75) is 5.92 Å². The SMILES string of the molecule is O=C(c1ccc2ccccc2c1)N1CC(c2nc3ccccc3[nH]2)C1. The minimum Gasteiger partial charge on any atom is -0.342 e. The minimum atomic E-state index is 0.0955. The van der Waals surface area contributed by atoms with E-state index in [4.69, 9.17) is 0 Å². The summed E-state index contributed by atoms with van der Waals surface area (Å²) in [6.45, 7) is 1.43. The summed E-state index contributed by atoms with van der Waals surface area (Å²) in [5.41, 5.74) is 2.79. The number of fused-ring (bicyclic) bond motifs is 2. The highest BCUT2D eigenvalue weighted by atomic mass is 16.2. The molecule has 0 aliphatic carbocycles. The highest BCUT2D eigenvalue weighted by molar-refractivity contribution is 5.99. The maximum atomic E-state index is 12.7. The van der Waals surface area contributed by atoms with Gasteiger partial charge in [-0.25, -0.2) is 4.98 Å². The second-order valence-electron chi connectivity index (χ2n) is 6.61. The number of nitrogens with one attached hydrogen (secondary N) is 1. The number of benzene rings is 3. The van der Waals surface area contributed by atoms with E-state index in [2.05, 4.69) is 16.0 Å². The number of hydrogen-bond acceptors (Lipinski definition) is 2. The van der Waals surface area contributed by atoms with Crippen molar-refractivity contribution in [3.05, 3.63) is 78.1 Å². The van der Waals surface area contributed by atoms with Gasteiger partial charge in [-0.05, 0) is 35.0 Å². The molecule has 4 heteroatoms. The fourth-order valence-electron chi connectivity index (χ4n) is 3.49. The predicted octanol–water partition coefficient (Wildman–Crippen LogP) is 3.96. The Kier molecular flexibility index (Phi) is 3.10. The number of aromatic nitrogens is 2. The normalized spacial score (nSPS) is 14.8. The Labute approximate surface area is 145 Å². The van der Waals surface area contributed by atoms with E-state index < -0.39 is 0 Å². The Bertz CT molecular complexity index is 1060. The lowest BCUT2D eigenvalue weighted by Crippen LogP contribution is -2.48. The van der Waals surface area contributed by atoms with Crippen molar-refractivity contribution in [1.29, 1.82) is 0 Å². The summed E-state index contributed by atoms with van der Waals surface area (Å²) in [5.74, 6) is 1.36. The Morgan fingerprint density at radius 3 is 2.56 bits per heavy atom. The van der Waals surface area contributed by atoms with Gasteiger partial charge in [-0.1, -0.05) is 42.5 Å². The molecule has 1 saturated heterocycles. The van der Waals surface area contributed by atoms with Gasteiger partial charge in [0.1, 0.15) is 5.82 Å². The molecule has 0 saturated carbocycles. The zero-order chi connectivity index (χ0) is 16.8. The van der Waals surface area contributed by atoms with E-state index in [1.807, 2.05) is 65.6 Å². The molecule has 4 nitrogen and oxygen atoms in total. The first kappa shape index (κ1) is 14.2. The number of rotatable bonds is 2. The standard InChI is InChI=1S/C21H17N3O/c25-21(16-10-9-14-5-1-2-6-15(14)11-16)24-12-17(13-24)20-22-18-7-3-4-8-19(18)23-20/h1-11,17H,12-13H2,(H,22,23). The van der Waals surface area contributed by atoms with Crippen LogP contribution in [0.1, 0.15) is 22.1 Å². The topological polar surface area (TPSA) is 49.0 Å². The lowest BCUT2D eigenvalue weighted by atomic mass is 9.97. The van der Waals surface area contributed by atoms with Gasteiger partial charge in [0.2, 0.25) is 0 Å². The summed E-state index contributed by atoms with van der Waals surface area (Å²) < 4.78 is 0. The second kappa shape index (κ2) is 5.45. The molecule has 0 unspecified atom stereocenters. The Balaban J connectivity index is 1.34. The van der Waals surface area contributed by atoms with Gasteiger partial charge in [-0.2, -0.15) is 0 Å². The first-order valence-corrected chi connectivity index (χ1v) is 8.51. The summed E-state index contributed by atoms with van der Waals surface area (Å²) in [4.78, 5) is 22.6. The number of carbonyl (C=O) groups excluding carboxylic acids is 1. The molecule has 2 heterocycles. The van der Waals surface area contributed by atoms with Crippen molar-refractivity contribution in [2.75, 3.05) is 13.1 Å². The summed E-state index contributed by atoms with van der Waals surface area (Å²) in [7, 11) is 0. The maximum absolute atomic E-state index is 12.7. The number of carbonyl (C=O) groups is 1. The number of H-pyrrole nitrogens is 1. The van der Waals surface area contributed by atoms with Crippen molar-refractivity contribution >= 4 is 27.7 Å². The fourth-order valence-corrected chi connectivity index (χ4v) is 3.49. The van der Waals surface area contributed by atoms with Crippen molar-refractivity contribution in [3.63, 3.8) is 0 Å². The molecule has 1 aromatic heterocycles. The molecule has 4 aromatic rings. The molecule has 1 fully saturated rings. The van der Waals surface area contributed by atoms with Gasteiger partial charge in [-0.15, -0.1) is 0 Å². The van der Waals surface area contributed by atoms with E-state index in [1.54, 1.807) is 0 Å². The molecular weight excluding hydrogens is 310 g/mol. The van der Waals surface area contributed by atoms with Gasteiger partial charge >= 0.3 is 0 Å². The van der Waals surface area contributed by atoms with E-state index >= 15 is 0 Å². The summed E-state index contributed by atoms with van der Waals surface area (Å²) >= 11 is 0. The molecule has 5 rings (SSSR count). The van der Waals surface area contributed by atoms with E-state index in [0.29, 0.717) is 13.1 Å². The molecule has 0 radical (unpaired) electrons.